The molecule has 0 spiro atoms. The van der Waals surface area contributed by atoms with E-state index in [2.05, 4.69) is 15.3 Å². The van der Waals surface area contributed by atoms with Gasteiger partial charge in [0.2, 0.25) is 10.0 Å². The summed E-state index contributed by atoms with van der Waals surface area (Å²) in [5.41, 5.74) is 0.247. The van der Waals surface area contributed by atoms with E-state index in [4.69, 9.17) is 5.14 Å². The van der Waals surface area contributed by atoms with Gasteiger partial charge in [0.1, 0.15) is 16.4 Å². The highest BCUT2D eigenvalue weighted by atomic mass is 32.2. The minimum Gasteiger partial charge on any atom is -0.351 e. The van der Waals surface area contributed by atoms with E-state index >= 15 is 0 Å². The second-order valence-electron chi connectivity index (χ2n) is 4.61. The fourth-order valence-corrected chi connectivity index (χ4v) is 2.48. The Labute approximate surface area is 122 Å². The topological polar surface area (TPSA) is 123 Å². The van der Waals surface area contributed by atoms with Crippen molar-refractivity contribution in [1.29, 1.82) is 0 Å². The van der Waals surface area contributed by atoms with Crippen LogP contribution >= 0.6 is 0 Å². The molecule has 9 heteroatoms. The highest BCUT2D eigenvalue weighted by Crippen LogP contribution is 2.11. The van der Waals surface area contributed by atoms with Crippen molar-refractivity contribution in [3.8, 4) is 0 Å². The van der Waals surface area contributed by atoms with Crippen molar-refractivity contribution in [3.05, 3.63) is 36.2 Å². The van der Waals surface area contributed by atoms with Crippen molar-refractivity contribution in [2.45, 2.75) is 17.7 Å². The van der Waals surface area contributed by atoms with E-state index in [-0.39, 0.29) is 16.5 Å². The van der Waals surface area contributed by atoms with E-state index in [0.29, 0.717) is 6.54 Å². The van der Waals surface area contributed by atoms with Crippen LogP contribution < -0.4 is 10.5 Å². The average Bonchev–Trinajstić information content (AvgIpc) is 3.02. The zero-order valence-electron chi connectivity index (χ0n) is 11.5. The number of nitrogens with zero attached hydrogens (tertiary/aromatic N) is 2. The second-order valence-corrected chi connectivity index (χ2v) is 6.17. The summed E-state index contributed by atoms with van der Waals surface area (Å²) >= 11 is 0. The number of aromatic amines is 1. The van der Waals surface area contributed by atoms with Crippen LogP contribution in [0, 0.1) is 0 Å². The van der Waals surface area contributed by atoms with Crippen LogP contribution in [0.1, 0.15) is 22.7 Å². The number of aryl methyl sites for hydroxylation is 2. The number of H-pyrrole nitrogens is 1. The van der Waals surface area contributed by atoms with E-state index in [1.165, 1.54) is 16.8 Å². The molecule has 0 saturated carbocycles. The Hall–Kier alpha value is -2.13. The number of sulfonamides is 1. The number of primary sulfonamides is 1. The minimum atomic E-state index is -3.81. The Morgan fingerprint density at radius 2 is 2.29 bits per heavy atom. The van der Waals surface area contributed by atoms with Gasteiger partial charge in [-0.1, -0.05) is 0 Å². The summed E-state index contributed by atoms with van der Waals surface area (Å²) in [4.78, 5) is 19.0. The van der Waals surface area contributed by atoms with Gasteiger partial charge in [-0.3, -0.25) is 4.79 Å². The molecule has 2 aromatic heterocycles. The Kier molecular flexibility index (Phi) is 4.43. The Bertz CT molecular complexity index is 718. The number of nitrogens with two attached hydrogens (primary N) is 1. The summed E-state index contributed by atoms with van der Waals surface area (Å²) < 4.78 is 23.9. The molecule has 0 saturated heterocycles. The molecule has 114 valence electrons. The maximum Gasteiger partial charge on any atom is 0.267 e. The molecule has 0 radical (unpaired) electrons. The third-order valence-electron chi connectivity index (χ3n) is 2.97. The molecule has 21 heavy (non-hydrogen) atoms. The molecular weight excluding hydrogens is 294 g/mol. The summed E-state index contributed by atoms with van der Waals surface area (Å²) in [6.07, 6.45) is 6.18. The summed E-state index contributed by atoms with van der Waals surface area (Å²) in [6, 6.07) is 1.26. The maximum atomic E-state index is 12.0. The van der Waals surface area contributed by atoms with Gasteiger partial charge in [-0.15, -0.1) is 0 Å². The van der Waals surface area contributed by atoms with E-state index < -0.39 is 10.0 Å². The predicted molar refractivity (Wildman–Crippen MR) is 76.0 cm³/mol. The monoisotopic (exact) mass is 311 g/mol. The van der Waals surface area contributed by atoms with Crippen molar-refractivity contribution in [3.63, 3.8) is 0 Å². The van der Waals surface area contributed by atoms with Gasteiger partial charge in [0.05, 0.1) is 0 Å². The lowest BCUT2D eigenvalue weighted by molar-refractivity contribution is 0.0945. The van der Waals surface area contributed by atoms with E-state index in [1.54, 1.807) is 19.4 Å². The predicted octanol–water partition coefficient (Wildman–Crippen LogP) is -0.242. The van der Waals surface area contributed by atoms with Crippen LogP contribution in [-0.4, -0.2) is 35.4 Å². The van der Waals surface area contributed by atoms with Crippen LogP contribution in [0.4, 0.5) is 0 Å². The normalized spacial score (nSPS) is 11.5. The lowest BCUT2D eigenvalue weighted by Crippen LogP contribution is -2.26. The first-order valence-electron chi connectivity index (χ1n) is 6.33. The van der Waals surface area contributed by atoms with Gasteiger partial charge < -0.3 is 14.9 Å². The van der Waals surface area contributed by atoms with Gasteiger partial charge >= 0.3 is 0 Å². The molecule has 0 aliphatic heterocycles. The maximum absolute atomic E-state index is 12.0. The van der Waals surface area contributed by atoms with E-state index in [0.717, 1.165) is 18.7 Å². The van der Waals surface area contributed by atoms with Crippen molar-refractivity contribution in [1.82, 2.24) is 19.9 Å². The largest absolute Gasteiger partial charge is 0.351 e. The molecule has 2 aromatic rings. The van der Waals surface area contributed by atoms with Gasteiger partial charge in [-0.05, 0) is 12.5 Å². The van der Waals surface area contributed by atoms with Crippen molar-refractivity contribution in [2.24, 2.45) is 12.2 Å². The van der Waals surface area contributed by atoms with Gasteiger partial charge in [-0.25, -0.2) is 18.5 Å². The molecule has 0 aliphatic rings. The number of amides is 1. The SMILES string of the molecule is Cn1cc(S(N)(=O)=O)cc1C(=O)NCCCc1ncc[nH]1. The van der Waals surface area contributed by atoms with Crippen LogP contribution in [0.3, 0.4) is 0 Å². The number of carbonyl (C=O) groups is 1. The highest BCUT2D eigenvalue weighted by molar-refractivity contribution is 7.89. The van der Waals surface area contributed by atoms with Crippen molar-refractivity contribution < 1.29 is 13.2 Å². The molecule has 0 atom stereocenters. The van der Waals surface area contributed by atoms with Crippen LogP contribution in [-0.2, 0) is 23.5 Å². The molecule has 2 rings (SSSR count). The lowest BCUT2D eigenvalue weighted by atomic mass is 10.3. The molecule has 0 aromatic carbocycles. The smallest absolute Gasteiger partial charge is 0.267 e. The summed E-state index contributed by atoms with van der Waals surface area (Å²) in [7, 11) is -2.22. The van der Waals surface area contributed by atoms with Crippen LogP contribution in [0.5, 0.6) is 0 Å². The number of hydrogen-bond donors (Lipinski definition) is 3. The Morgan fingerprint density at radius 3 is 2.86 bits per heavy atom. The van der Waals surface area contributed by atoms with Gasteiger partial charge in [0.25, 0.3) is 5.91 Å². The van der Waals surface area contributed by atoms with Gasteiger partial charge in [0.15, 0.2) is 0 Å². The summed E-state index contributed by atoms with van der Waals surface area (Å²) in [5, 5.41) is 7.76. The number of hydrogen-bond acceptors (Lipinski definition) is 4. The standard InChI is InChI=1S/C12H17N5O3S/c1-17-8-9(21(13,19)20)7-10(17)12(18)16-4-2-3-11-14-5-6-15-11/h5-8H,2-4H2,1H3,(H,14,15)(H,16,18)(H2,13,19,20). The van der Waals surface area contributed by atoms with Crippen molar-refractivity contribution in [2.75, 3.05) is 6.54 Å². The van der Waals surface area contributed by atoms with Crippen LogP contribution in [0.15, 0.2) is 29.6 Å². The van der Waals surface area contributed by atoms with Crippen molar-refractivity contribution >= 4 is 15.9 Å². The molecule has 2 heterocycles. The summed E-state index contributed by atoms with van der Waals surface area (Å²) in [5.74, 6) is 0.520. The Morgan fingerprint density at radius 1 is 1.52 bits per heavy atom. The second kappa shape index (κ2) is 6.10. The Balaban J connectivity index is 1.90. The zero-order chi connectivity index (χ0) is 15.5. The van der Waals surface area contributed by atoms with Crippen LogP contribution in [0.2, 0.25) is 0 Å². The molecule has 1 amide bonds. The van der Waals surface area contributed by atoms with Gasteiger partial charge in [-0.2, -0.15) is 0 Å². The number of aromatic nitrogens is 3. The van der Waals surface area contributed by atoms with E-state index in [9.17, 15) is 13.2 Å². The number of nitrogens with one attached hydrogen (secondary N) is 2. The molecule has 4 N–H and O–H groups in total. The fraction of sp³-hybridized carbons (Fsp3) is 0.333. The molecule has 0 fully saturated rings. The zero-order valence-corrected chi connectivity index (χ0v) is 12.4. The number of imidazole rings is 1. The molecular formula is C12H17N5O3S. The molecule has 0 aliphatic carbocycles. The molecule has 8 nitrogen and oxygen atoms in total. The third-order valence-corrected chi connectivity index (χ3v) is 3.85. The first-order chi connectivity index (χ1) is 9.88. The van der Waals surface area contributed by atoms with Gasteiger partial charge in [0, 0.05) is 38.6 Å². The third kappa shape index (κ3) is 3.92. The number of carbonyl (C=O) groups excluding carboxylic acids is 1. The lowest BCUT2D eigenvalue weighted by Gasteiger charge is -2.05. The first-order valence-corrected chi connectivity index (χ1v) is 7.88. The fourth-order valence-electron chi connectivity index (χ4n) is 1.90. The number of rotatable bonds is 6. The first kappa shape index (κ1) is 15.3. The van der Waals surface area contributed by atoms with Crippen LogP contribution in [0.25, 0.3) is 0 Å². The summed E-state index contributed by atoms with van der Waals surface area (Å²) in [6.45, 7) is 0.468. The molecule has 0 bridgehead atoms. The molecule has 0 unspecified atom stereocenters. The minimum absolute atomic E-state index is 0.0780. The quantitative estimate of drug-likeness (QED) is 0.637. The highest BCUT2D eigenvalue weighted by Gasteiger charge is 2.16. The average molecular weight is 311 g/mol. The van der Waals surface area contributed by atoms with E-state index in [1.807, 2.05) is 0 Å².